The number of halogens is 2. The summed E-state index contributed by atoms with van der Waals surface area (Å²) < 4.78 is 12.7. The van der Waals surface area contributed by atoms with Gasteiger partial charge in [-0.3, -0.25) is 4.90 Å². The molecule has 1 N–H and O–H groups in total. The average molecular weight is 441 g/mol. The van der Waals surface area contributed by atoms with Crippen molar-refractivity contribution >= 4 is 27.5 Å². The van der Waals surface area contributed by atoms with Crippen molar-refractivity contribution < 1.29 is 14.6 Å². The van der Waals surface area contributed by atoms with E-state index in [0.717, 1.165) is 34.4 Å². The van der Waals surface area contributed by atoms with E-state index in [-0.39, 0.29) is 12.7 Å². The molecular weight excluding hydrogens is 418 g/mol. The number of hydrogen-bond acceptors (Lipinski definition) is 4. The normalized spacial score (nSPS) is 19.3. The van der Waals surface area contributed by atoms with Gasteiger partial charge >= 0.3 is 0 Å². The van der Waals surface area contributed by atoms with Gasteiger partial charge in [0.25, 0.3) is 0 Å². The molecule has 2 aromatic carbocycles. The third-order valence-corrected chi connectivity index (χ3v) is 5.19. The van der Waals surface area contributed by atoms with Gasteiger partial charge in [-0.25, -0.2) is 0 Å². The van der Waals surface area contributed by atoms with E-state index in [0.29, 0.717) is 18.2 Å². The van der Waals surface area contributed by atoms with Crippen LogP contribution in [-0.2, 0) is 4.74 Å². The van der Waals surface area contributed by atoms with Gasteiger partial charge in [-0.2, -0.15) is 0 Å². The van der Waals surface area contributed by atoms with Crippen molar-refractivity contribution in [3.05, 3.63) is 63.1 Å². The lowest BCUT2D eigenvalue weighted by Gasteiger charge is -2.34. The first-order valence-electron chi connectivity index (χ1n) is 8.67. The second-order valence-electron chi connectivity index (χ2n) is 6.55. The molecule has 6 heteroatoms. The number of ether oxygens (including phenoxy) is 2. The zero-order valence-electron chi connectivity index (χ0n) is 14.7. The van der Waals surface area contributed by atoms with E-state index in [9.17, 15) is 5.11 Å². The molecule has 0 amide bonds. The Labute approximate surface area is 167 Å². The molecule has 1 fully saturated rings. The predicted molar refractivity (Wildman–Crippen MR) is 107 cm³/mol. The van der Waals surface area contributed by atoms with Crippen LogP contribution in [0.2, 0.25) is 5.02 Å². The maximum absolute atomic E-state index is 10.4. The number of morpholine rings is 1. The van der Waals surface area contributed by atoms with Gasteiger partial charge in [0.1, 0.15) is 18.5 Å². The number of benzene rings is 2. The van der Waals surface area contributed by atoms with Crippen LogP contribution in [0.5, 0.6) is 5.75 Å². The molecule has 1 aliphatic rings. The monoisotopic (exact) mass is 439 g/mol. The van der Waals surface area contributed by atoms with Crippen LogP contribution in [0.25, 0.3) is 0 Å². The summed E-state index contributed by atoms with van der Waals surface area (Å²) in [5.74, 6) is 0.753. The number of aliphatic hydroxyl groups excluding tert-OH is 1. The molecule has 4 nitrogen and oxygen atoms in total. The fraction of sp³-hybridized carbons (Fsp3) is 0.400. The van der Waals surface area contributed by atoms with Gasteiger partial charge in [0.15, 0.2) is 0 Å². The Morgan fingerprint density at radius 2 is 2.08 bits per heavy atom. The first-order chi connectivity index (χ1) is 12.5. The minimum atomic E-state index is -0.561. The molecule has 1 heterocycles. The summed E-state index contributed by atoms with van der Waals surface area (Å²) in [6.07, 6.45) is -0.530. The largest absolute Gasteiger partial charge is 0.491 e. The van der Waals surface area contributed by atoms with Crippen LogP contribution in [-0.4, -0.2) is 49.0 Å². The lowest BCUT2D eigenvalue weighted by Crippen LogP contribution is -2.43. The Morgan fingerprint density at radius 3 is 2.81 bits per heavy atom. The fourth-order valence-electron chi connectivity index (χ4n) is 3.06. The van der Waals surface area contributed by atoms with Gasteiger partial charge in [0, 0.05) is 29.1 Å². The Kier molecular flexibility index (Phi) is 6.95. The highest BCUT2D eigenvalue weighted by Crippen LogP contribution is 2.24. The average Bonchev–Trinajstić information content (AvgIpc) is 2.62. The van der Waals surface area contributed by atoms with Crippen molar-refractivity contribution in [3.8, 4) is 5.75 Å². The molecule has 2 unspecified atom stereocenters. The Hall–Kier alpha value is -1.11. The zero-order chi connectivity index (χ0) is 18.5. The van der Waals surface area contributed by atoms with Gasteiger partial charge in [0.2, 0.25) is 0 Å². The Bertz CT molecular complexity index is 725. The molecule has 2 atom stereocenters. The molecule has 3 rings (SSSR count). The van der Waals surface area contributed by atoms with E-state index in [1.54, 1.807) is 6.07 Å². The molecule has 0 bridgehead atoms. The van der Waals surface area contributed by atoms with E-state index >= 15 is 0 Å². The van der Waals surface area contributed by atoms with Crippen molar-refractivity contribution in [1.29, 1.82) is 0 Å². The minimum Gasteiger partial charge on any atom is -0.491 e. The first-order valence-corrected chi connectivity index (χ1v) is 9.85. The van der Waals surface area contributed by atoms with Crippen LogP contribution < -0.4 is 4.74 Å². The highest BCUT2D eigenvalue weighted by Gasteiger charge is 2.23. The van der Waals surface area contributed by atoms with Crippen molar-refractivity contribution in [1.82, 2.24) is 4.90 Å². The maximum atomic E-state index is 10.4. The van der Waals surface area contributed by atoms with Crippen molar-refractivity contribution in [2.75, 3.05) is 32.8 Å². The first kappa shape index (κ1) is 19.6. The topological polar surface area (TPSA) is 41.9 Å². The molecular formula is C20H23BrClNO3. The van der Waals surface area contributed by atoms with Crippen molar-refractivity contribution in [3.63, 3.8) is 0 Å². The van der Waals surface area contributed by atoms with Crippen molar-refractivity contribution in [2.45, 2.75) is 19.1 Å². The van der Waals surface area contributed by atoms with Gasteiger partial charge in [-0.15, -0.1) is 0 Å². The van der Waals surface area contributed by atoms with E-state index in [2.05, 4.69) is 33.0 Å². The number of β-amino-alcohol motifs (C(OH)–C–C–N with tert-alkyl or cyclic N) is 1. The van der Waals surface area contributed by atoms with Gasteiger partial charge in [-0.1, -0.05) is 39.7 Å². The van der Waals surface area contributed by atoms with Gasteiger partial charge < -0.3 is 14.6 Å². The summed E-state index contributed by atoms with van der Waals surface area (Å²) in [5.41, 5.74) is 2.12. The van der Waals surface area contributed by atoms with Crippen LogP contribution in [0.15, 0.2) is 46.9 Å². The molecule has 0 aromatic heterocycles. The number of hydrogen-bond donors (Lipinski definition) is 1. The summed E-state index contributed by atoms with van der Waals surface area (Å²) in [4.78, 5) is 2.22. The number of nitrogens with zero attached hydrogens (tertiary/aromatic N) is 1. The third kappa shape index (κ3) is 5.44. The van der Waals surface area contributed by atoms with E-state index in [1.807, 2.05) is 31.2 Å². The maximum Gasteiger partial charge on any atom is 0.122 e. The SMILES string of the molecule is Cc1cc(Cl)ccc1OCC(O)CN1CCOC(c2ccc(Br)cc2)C1. The summed E-state index contributed by atoms with van der Waals surface area (Å²) in [7, 11) is 0. The summed E-state index contributed by atoms with van der Waals surface area (Å²) in [5, 5.41) is 11.0. The molecule has 1 aliphatic heterocycles. The number of aliphatic hydroxyl groups is 1. The van der Waals surface area contributed by atoms with Crippen LogP contribution in [0, 0.1) is 6.92 Å². The summed E-state index contributed by atoms with van der Waals surface area (Å²) in [6.45, 7) is 4.98. The van der Waals surface area contributed by atoms with Crippen molar-refractivity contribution in [2.24, 2.45) is 0 Å². The van der Waals surface area contributed by atoms with Gasteiger partial charge in [0.05, 0.1) is 12.7 Å². The van der Waals surface area contributed by atoms with Crippen LogP contribution in [0.3, 0.4) is 0 Å². The third-order valence-electron chi connectivity index (χ3n) is 4.43. The molecule has 140 valence electrons. The lowest BCUT2D eigenvalue weighted by atomic mass is 10.1. The number of aryl methyl sites for hydroxylation is 1. The van der Waals surface area contributed by atoms with E-state index < -0.39 is 6.10 Å². The molecule has 0 aliphatic carbocycles. The highest BCUT2D eigenvalue weighted by atomic mass is 79.9. The van der Waals surface area contributed by atoms with Crippen LogP contribution in [0.4, 0.5) is 0 Å². The lowest BCUT2D eigenvalue weighted by molar-refractivity contribution is -0.0459. The Morgan fingerprint density at radius 1 is 1.31 bits per heavy atom. The molecule has 2 aromatic rings. The Balaban J connectivity index is 1.50. The molecule has 0 radical (unpaired) electrons. The second-order valence-corrected chi connectivity index (χ2v) is 7.90. The number of rotatable bonds is 6. The second kappa shape index (κ2) is 9.20. The van der Waals surface area contributed by atoms with E-state index in [1.165, 1.54) is 0 Å². The van der Waals surface area contributed by atoms with Gasteiger partial charge in [-0.05, 0) is 48.4 Å². The quantitative estimate of drug-likeness (QED) is 0.730. The minimum absolute atomic E-state index is 0.0310. The molecule has 26 heavy (non-hydrogen) atoms. The summed E-state index contributed by atoms with van der Waals surface area (Å²) in [6, 6.07) is 13.7. The van der Waals surface area contributed by atoms with Crippen LogP contribution >= 0.6 is 27.5 Å². The summed E-state index contributed by atoms with van der Waals surface area (Å²) >= 11 is 9.41. The zero-order valence-corrected chi connectivity index (χ0v) is 17.0. The molecule has 0 saturated carbocycles. The fourth-order valence-corrected chi connectivity index (χ4v) is 3.55. The highest BCUT2D eigenvalue weighted by molar-refractivity contribution is 9.10. The molecule has 0 spiro atoms. The standard InChI is InChI=1S/C20H23BrClNO3/c1-14-10-17(22)6-7-19(14)26-13-18(24)11-23-8-9-25-20(12-23)15-2-4-16(21)5-3-15/h2-7,10,18,20,24H,8-9,11-13H2,1H3. The van der Waals surface area contributed by atoms with Crippen LogP contribution in [0.1, 0.15) is 17.2 Å². The van der Waals surface area contributed by atoms with E-state index in [4.69, 9.17) is 21.1 Å². The molecule has 1 saturated heterocycles. The predicted octanol–water partition coefficient (Wildman–Crippen LogP) is 4.22. The smallest absolute Gasteiger partial charge is 0.122 e.